The molecule has 0 radical (unpaired) electrons. The second-order valence-corrected chi connectivity index (χ2v) is 11.2. The van der Waals surface area contributed by atoms with Crippen LogP contribution < -0.4 is 0 Å². The fourth-order valence-electron chi connectivity index (χ4n) is 3.41. The minimum Gasteiger partial charge on any atom is -0.377 e. The van der Waals surface area contributed by atoms with E-state index in [2.05, 4.69) is 0 Å². The van der Waals surface area contributed by atoms with Crippen LogP contribution in [0.5, 0.6) is 0 Å². The second-order valence-electron chi connectivity index (χ2n) is 6.68. The minimum atomic E-state index is -3.87. The summed E-state index contributed by atoms with van der Waals surface area (Å²) >= 11 is 6.00. The SMILES string of the molecule is Cc1ccc(Cl)cc1S(=O)(=O)N(C[C@@H]1CCCO1)[C@@H]1CCS(=O)(=O)C1. The Labute approximate surface area is 154 Å². The summed E-state index contributed by atoms with van der Waals surface area (Å²) in [6, 6.07) is 4.17. The van der Waals surface area contributed by atoms with Gasteiger partial charge in [-0.1, -0.05) is 17.7 Å². The van der Waals surface area contributed by atoms with Crippen molar-refractivity contribution in [3.8, 4) is 0 Å². The summed E-state index contributed by atoms with van der Waals surface area (Å²) < 4.78 is 57.3. The summed E-state index contributed by atoms with van der Waals surface area (Å²) in [5.41, 5.74) is 0.586. The Morgan fingerprint density at radius 3 is 2.68 bits per heavy atom. The van der Waals surface area contributed by atoms with Crippen molar-refractivity contribution in [1.29, 1.82) is 0 Å². The number of sulfonamides is 1. The molecule has 2 saturated heterocycles. The van der Waals surface area contributed by atoms with Crippen LogP contribution >= 0.6 is 11.6 Å². The van der Waals surface area contributed by atoms with Crippen molar-refractivity contribution in [3.05, 3.63) is 28.8 Å². The number of hydrogen-bond acceptors (Lipinski definition) is 5. The fourth-order valence-corrected chi connectivity index (χ4v) is 7.41. The van der Waals surface area contributed by atoms with Gasteiger partial charge in [0.15, 0.2) is 9.84 Å². The molecule has 9 heteroatoms. The number of aryl methyl sites for hydroxylation is 1. The van der Waals surface area contributed by atoms with E-state index in [1.807, 2.05) is 0 Å². The van der Waals surface area contributed by atoms with E-state index in [9.17, 15) is 16.8 Å². The highest BCUT2D eigenvalue weighted by Gasteiger charge is 2.40. The smallest absolute Gasteiger partial charge is 0.243 e. The van der Waals surface area contributed by atoms with Crippen LogP contribution in [0.3, 0.4) is 0 Å². The van der Waals surface area contributed by atoms with Gasteiger partial charge < -0.3 is 4.74 Å². The minimum absolute atomic E-state index is 0.0176. The highest BCUT2D eigenvalue weighted by molar-refractivity contribution is 7.92. The lowest BCUT2D eigenvalue weighted by molar-refractivity contribution is 0.0877. The van der Waals surface area contributed by atoms with E-state index in [0.29, 0.717) is 23.6 Å². The summed E-state index contributed by atoms with van der Waals surface area (Å²) in [7, 11) is -7.08. The topological polar surface area (TPSA) is 80.8 Å². The Bertz CT molecular complexity index is 847. The Kier molecular flexibility index (Phi) is 5.46. The van der Waals surface area contributed by atoms with Gasteiger partial charge in [-0.15, -0.1) is 0 Å². The van der Waals surface area contributed by atoms with E-state index in [1.54, 1.807) is 19.1 Å². The number of nitrogens with zero attached hydrogens (tertiary/aromatic N) is 1. The van der Waals surface area contributed by atoms with Gasteiger partial charge >= 0.3 is 0 Å². The van der Waals surface area contributed by atoms with Gasteiger partial charge in [-0.25, -0.2) is 16.8 Å². The second kappa shape index (κ2) is 7.15. The number of sulfone groups is 1. The normalized spacial score (nSPS) is 26.4. The van der Waals surface area contributed by atoms with Crippen LogP contribution in [-0.2, 0) is 24.6 Å². The first-order valence-electron chi connectivity index (χ1n) is 8.29. The van der Waals surface area contributed by atoms with E-state index in [-0.39, 0.29) is 29.0 Å². The molecule has 140 valence electrons. The molecule has 0 amide bonds. The largest absolute Gasteiger partial charge is 0.377 e. The lowest BCUT2D eigenvalue weighted by Gasteiger charge is -2.30. The molecular weight excluding hydrogens is 386 g/mol. The van der Waals surface area contributed by atoms with Crippen molar-refractivity contribution >= 4 is 31.5 Å². The zero-order valence-corrected chi connectivity index (χ0v) is 16.4. The van der Waals surface area contributed by atoms with Gasteiger partial charge in [-0.05, 0) is 43.9 Å². The summed E-state index contributed by atoms with van der Waals surface area (Å²) in [5.74, 6) is -0.123. The predicted octanol–water partition coefficient (Wildman–Crippen LogP) is 2.01. The van der Waals surface area contributed by atoms with Crippen LogP contribution in [0.4, 0.5) is 0 Å². The Hall–Kier alpha value is -0.670. The molecule has 0 N–H and O–H groups in total. The van der Waals surface area contributed by atoms with Crippen molar-refractivity contribution in [1.82, 2.24) is 4.31 Å². The van der Waals surface area contributed by atoms with Gasteiger partial charge in [0.2, 0.25) is 10.0 Å². The quantitative estimate of drug-likeness (QED) is 0.745. The zero-order valence-electron chi connectivity index (χ0n) is 14.0. The average Bonchev–Trinajstić information content (AvgIpc) is 3.16. The van der Waals surface area contributed by atoms with Crippen molar-refractivity contribution in [3.63, 3.8) is 0 Å². The number of halogens is 1. The van der Waals surface area contributed by atoms with Crippen LogP contribution in [0.25, 0.3) is 0 Å². The van der Waals surface area contributed by atoms with E-state index < -0.39 is 25.9 Å². The molecule has 0 bridgehead atoms. The number of ether oxygens (including phenoxy) is 1. The van der Waals surface area contributed by atoms with Gasteiger partial charge in [0.05, 0.1) is 22.5 Å². The summed E-state index contributed by atoms with van der Waals surface area (Å²) in [5, 5.41) is 0.334. The highest BCUT2D eigenvalue weighted by Crippen LogP contribution is 2.30. The predicted molar refractivity (Wildman–Crippen MR) is 96.1 cm³/mol. The number of rotatable bonds is 5. The number of hydrogen-bond donors (Lipinski definition) is 0. The summed E-state index contributed by atoms with van der Waals surface area (Å²) in [6.45, 7) is 2.49. The maximum atomic E-state index is 13.3. The molecule has 2 fully saturated rings. The molecular formula is C16H22ClNO5S2. The van der Waals surface area contributed by atoms with E-state index in [0.717, 1.165) is 12.8 Å². The van der Waals surface area contributed by atoms with Gasteiger partial charge in [0.1, 0.15) is 0 Å². The first-order chi connectivity index (χ1) is 11.7. The first kappa shape index (κ1) is 19.1. The van der Waals surface area contributed by atoms with Crippen LogP contribution in [0, 0.1) is 6.92 Å². The van der Waals surface area contributed by atoms with Crippen molar-refractivity contribution in [2.24, 2.45) is 0 Å². The van der Waals surface area contributed by atoms with Gasteiger partial charge in [-0.3, -0.25) is 0 Å². The molecule has 6 nitrogen and oxygen atoms in total. The molecule has 0 aliphatic carbocycles. The average molecular weight is 408 g/mol. The third-order valence-electron chi connectivity index (χ3n) is 4.76. The van der Waals surface area contributed by atoms with Crippen LogP contribution in [0.15, 0.2) is 23.1 Å². The summed E-state index contributed by atoms with van der Waals surface area (Å²) in [6.07, 6.45) is 1.78. The molecule has 2 aliphatic heterocycles. The maximum absolute atomic E-state index is 13.3. The monoisotopic (exact) mass is 407 g/mol. The highest BCUT2D eigenvalue weighted by atomic mass is 35.5. The van der Waals surface area contributed by atoms with Crippen molar-refractivity contribution in [2.45, 2.75) is 43.2 Å². The van der Waals surface area contributed by atoms with E-state index in [4.69, 9.17) is 16.3 Å². The molecule has 2 atom stereocenters. The molecule has 25 heavy (non-hydrogen) atoms. The van der Waals surface area contributed by atoms with Crippen molar-refractivity contribution in [2.75, 3.05) is 24.7 Å². The standard InChI is InChI=1S/C16H22ClNO5S2/c1-12-4-5-13(17)9-16(12)25(21,22)18(10-15-3-2-7-23-15)14-6-8-24(19,20)11-14/h4-5,9,14-15H,2-3,6-8,10-11H2,1H3/t14-,15+/m1/s1. The number of benzene rings is 1. The maximum Gasteiger partial charge on any atom is 0.243 e. The van der Waals surface area contributed by atoms with Gasteiger partial charge in [0.25, 0.3) is 0 Å². The molecule has 0 aromatic heterocycles. The van der Waals surface area contributed by atoms with Crippen LogP contribution in [-0.4, -0.2) is 57.9 Å². The Balaban J connectivity index is 1.98. The molecule has 3 rings (SSSR count). The van der Waals surface area contributed by atoms with Gasteiger partial charge in [0, 0.05) is 24.2 Å². The molecule has 2 heterocycles. The van der Waals surface area contributed by atoms with Crippen LogP contribution in [0.1, 0.15) is 24.8 Å². The molecule has 0 saturated carbocycles. The lowest BCUT2D eigenvalue weighted by atomic mass is 10.2. The van der Waals surface area contributed by atoms with Crippen LogP contribution in [0.2, 0.25) is 5.02 Å². The molecule has 1 aromatic rings. The molecule has 1 aromatic carbocycles. The lowest BCUT2D eigenvalue weighted by Crippen LogP contribution is -2.45. The molecule has 0 unspecified atom stereocenters. The third kappa shape index (κ3) is 4.19. The first-order valence-corrected chi connectivity index (χ1v) is 11.9. The fraction of sp³-hybridized carbons (Fsp3) is 0.625. The Morgan fingerprint density at radius 1 is 1.32 bits per heavy atom. The zero-order chi connectivity index (χ0) is 18.2. The molecule has 0 spiro atoms. The van der Waals surface area contributed by atoms with E-state index in [1.165, 1.54) is 10.4 Å². The van der Waals surface area contributed by atoms with Gasteiger partial charge in [-0.2, -0.15) is 4.31 Å². The van der Waals surface area contributed by atoms with E-state index >= 15 is 0 Å². The summed E-state index contributed by atoms with van der Waals surface area (Å²) in [4.78, 5) is 0.127. The molecule has 2 aliphatic rings. The Morgan fingerprint density at radius 2 is 2.08 bits per heavy atom. The van der Waals surface area contributed by atoms with Crippen molar-refractivity contribution < 1.29 is 21.6 Å². The third-order valence-corrected chi connectivity index (χ3v) is 8.81.